The van der Waals surface area contributed by atoms with Crippen LogP contribution in [0.15, 0.2) is 18.2 Å². The Morgan fingerprint density at radius 1 is 1.14 bits per heavy atom. The normalized spacial score (nSPS) is 20.2. The molecular weight excluding hydrogens is 265 g/mol. The predicted octanol–water partition coefficient (Wildman–Crippen LogP) is 1.91. The monoisotopic (exact) mass is 287 g/mol. The topological polar surface area (TPSA) is 48.3 Å². The van der Waals surface area contributed by atoms with Crippen LogP contribution in [0.2, 0.25) is 0 Å². The molecule has 0 atom stereocenters. The van der Waals surface area contributed by atoms with Crippen LogP contribution in [-0.2, 0) is 16.4 Å². The molecule has 3 rings (SSSR count). The zero-order valence-corrected chi connectivity index (χ0v) is 13.5. The summed E-state index contributed by atoms with van der Waals surface area (Å²) < 4.78 is 14.1. The molecule has 1 fully saturated rings. The first-order valence-corrected chi connectivity index (χ1v) is 7.25. The van der Waals surface area contributed by atoms with Gasteiger partial charge in [-0.3, -0.25) is 4.68 Å². The second-order valence-electron chi connectivity index (χ2n) is 6.59. The Hall–Kier alpha value is -1.53. The Morgan fingerprint density at radius 2 is 1.76 bits per heavy atom. The van der Waals surface area contributed by atoms with E-state index in [-0.39, 0.29) is 18.3 Å². The molecule has 2 heterocycles. The van der Waals surface area contributed by atoms with Crippen LogP contribution < -0.4 is 10.8 Å². The summed E-state index contributed by atoms with van der Waals surface area (Å²) in [6, 6.07) is 6.20. The average Bonchev–Trinajstić information content (AvgIpc) is 2.84. The minimum atomic E-state index is -0.340. The van der Waals surface area contributed by atoms with Gasteiger partial charge in [0, 0.05) is 19.5 Å². The van der Waals surface area contributed by atoms with Crippen molar-refractivity contribution < 1.29 is 9.31 Å². The van der Waals surface area contributed by atoms with Gasteiger partial charge in [0.15, 0.2) is 5.82 Å². The highest BCUT2D eigenvalue weighted by Crippen LogP contribution is 2.36. The molecule has 21 heavy (non-hydrogen) atoms. The van der Waals surface area contributed by atoms with Crippen LogP contribution in [0.4, 0.5) is 5.82 Å². The molecule has 0 bridgehead atoms. The summed E-state index contributed by atoms with van der Waals surface area (Å²) in [5, 5.41) is 8.67. The molecule has 1 aliphatic heterocycles. The molecule has 0 saturated carbocycles. The van der Waals surface area contributed by atoms with Gasteiger partial charge in [-0.2, -0.15) is 5.10 Å². The molecule has 1 N–H and O–H groups in total. The van der Waals surface area contributed by atoms with Crippen molar-refractivity contribution in [3.8, 4) is 0 Å². The molecule has 0 spiro atoms. The summed E-state index contributed by atoms with van der Waals surface area (Å²) in [5.41, 5.74) is 1.43. The maximum absolute atomic E-state index is 6.10. The van der Waals surface area contributed by atoms with E-state index >= 15 is 0 Å². The Labute approximate surface area is 125 Å². The van der Waals surface area contributed by atoms with Crippen LogP contribution >= 0.6 is 0 Å². The van der Waals surface area contributed by atoms with Gasteiger partial charge in [0.25, 0.3) is 0 Å². The average molecular weight is 287 g/mol. The minimum Gasteiger partial charge on any atom is -0.399 e. The minimum absolute atomic E-state index is 0.324. The lowest BCUT2D eigenvalue weighted by Crippen LogP contribution is -2.41. The fraction of sp³-hybridized carbons (Fsp3) is 0.533. The summed E-state index contributed by atoms with van der Waals surface area (Å²) in [6.07, 6.45) is 0. The molecule has 1 aromatic heterocycles. The van der Waals surface area contributed by atoms with E-state index in [1.807, 2.05) is 24.8 Å². The number of nitrogens with one attached hydrogen (secondary N) is 1. The molecule has 1 aromatic carbocycles. The van der Waals surface area contributed by atoms with E-state index in [4.69, 9.17) is 9.31 Å². The Bertz CT molecular complexity index is 678. The van der Waals surface area contributed by atoms with Crippen molar-refractivity contribution in [2.75, 3.05) is 12.4 Å². The van der Waals surface area contributed by atoms with E-state index in [1.165, 1.54) is 0 Å². The predicted molar refractivity (Wildman–Crippen MR) is 86.0 cm³/mol. The standard InChI is InChI=1S/C15H22BN3O2/c1-14(2)15(3,4)21-16(20-14)10-7-8-11-12(9-10)19(6)18-13(11)17-5/h7-9H,1-6H3,(H,17,18). The second-order valence-corrected chi connectivity index (χ2v) is 6.59. The molecule has 0 aliphatic carbocycles. The van der Waals surface area contributed by atoms with Crippen LogP contribution in [0.3, 0.4) is 0 Å². The van der Waals surface area contributed by atoms with Gasteiger partial charge < -0.3 is 14.6 Å². The maximum Gasteiger partial charge on any atom is 0.494 e. The molecule has 112 valence electrons. The quantitative estimate of drug-likeness (QED) is 0.857. The summed E-state index contributed by atoms with van der Waals surface area (Å²) in [5.74, 6) is 0.882. The largest absolute Gasteiger partial charge is 0.494 e. The number of benzene rings is 1. The molecule has 2 aromatic rings. The highest BCUT2D eigenvalue weighted by Gasteiger charge is 2.51. The number of nitrogens with zero attached hydrogens (tertiary/aromatic N) is 2. The molecule has 5 nitrogen and oxygen atoms in total. The number of hydrogen-bond acceptors (Lipinski definition) is 4. The SMILES string of the molecule is CNc1nn(C)c2cc(B3OC(C)(C)C(C)(C)O3)ccc12. The number of anilines is 1. The molecule has 0 unspecified atom stereocenters. The van der Waals surface area contributed by atoms with E-state index in [0.717, 1.165) is 22.2 Å². The Kier molecular flexibility index (Phi) is 3.08. The van der Waals surface area contributed by atoms with Crippen LogP contribution in [0, 0.1) is 0 Å². The lowest BCUT2D eigenvalue weighted by atomic mass is 9.79. The molecular formula is C15H22BN3O2. The fourth-order valence-corrected chi connectivity index (χ4v) is 2.58. The van der Waals surface area contributed by atoms with E-state index in [0.29, 0.717) is 0 Å². The van der Waals surface area contributed by atoms with Gasteiger partial charge in [0.2, 0.25) is 0 Å². The first-order valence-electron chi connectivity index (χ1n) is 7.25. The van der Waals surface area contributed by atoms with Crippen molar-refractivity contribution in [2.45, 2.75) is 38.9 Å². The van der Waals surface area contributed by atoms with Crippen molar-refractivity contribution in [2.24, 2.45) is 7.05 Å². The summed E-state index contributed by atoms with van der Waals surface area (Å²) in [7, 11) is 3.48. The molecule has 1 aliphatic rings. The third-order valence-electron chi connectivity index (χ3n) is 4.64. The van der Waals surface area contributed by atoms with Crippen molar-refractivity contribution in [3.05, 3.63) is 18.2 Å². The second kappa shape index (κ2) is 4.48. The van der Waals surface area contributed by atoms with Crippen LogP contribution in [0.5, 0.6) is 0 Å². The van der Waals surface area contributed by atoms with Crippen molar-refractivity contribution in [1.82, 2.24) is 9.78 Å². The van der Waals surface area contributed by atoms with Crippen LogP contribution in [-0.4, -0.2) is 35.1 Å². The van der Waals surface area contributed by atoms with Gasteiger partial charge in [-0.15, -0.1) is 0 Å². The third-order valence-corrected chi connectivity index (χ3v) is 4.64. The number of hydrogen-bond donors (Lipinski definition) is 1. The van der Waals surface area contributed by atoms with Crippen LogP contribution in [0.25, 0.3) is 10.9 Å². The van der Waals surface area contributed by atoms with Crippen molar-refractivity contribution in [1.29, 1.82) is 0 Å². The van der Waals surface area contributed by atoms with Gasteiger partial charge in [-0.1, -0.05) is 6.07 Å². The zero-order chi connectivity index (χ0) is 15.4. The van der Waals surface area contributed by atoms with E-state index < -0.39 is 0 Å². The van der Waals surface area contributed by atoms with Gasteiger partial charge in [-0.05, 0) is 45.3 Å². The number of aryl methyl sites for hydroxylation is 1. The van der Waals surface area contributed by atoms with Gasteiger partial charge in [0.1, 0.15) is 0 Å². The van der Waals surface area contributed by atoms with Crippen molar-refractivity contribution in [3.63, 3.8) is 0 Å². The van der Waals surface area contributed by atoms with E-state index in [9.17, 15) is 0 Å². The van der Waals surface area contributed by atoms with Gasteiger partial charge >= 0.3 is 7.12 Å². The Morgan fingerprint density at radius 3 is 2.33 bits per heavy atom. The fourth-order valence-electron chi connectivity index (χ4n) is 2.58. The van der Waals surface area contributed by atoms with Crippen LogP contribution in [0.1, 0.15) is 27.7 Å². The summed E-state index contributed by atoms with van der Waals surface area (Å²) in [4.78, 5) is 0. The third kappa shape index (κ3) is 2.13. The molecule has 0 amide bonds. The van der Waals surface area contributed by atoms with Crippen molar-refractivity contribution >= 4 is 29.3 Å². The molecule has 6 heteroatoms. The smallest absolute Gasteiger partial charge is 0.399 e. The molecule has 1 saturated heterocycles. The number of fused-ring (bicyclic) bond motifs is 1. The summed E-state index contributed by atoms with van der Waals surface area (Å²) >= 11 is 0. The van der Waals surface area contributed by atoms with E-state index in [1.54, 1.807) is 0 Å². The highest BCUT2D eigenvalue weighted by molar-refractivity contribution is 6.62. The Balaban J connectivity index is 2.01. The zero-order valence-electron chi connectivity index (χ0n) is 13.5. The summed E-state index contributed by atoms with van der Waals surface area (Å²) in [6.45, 7) is 8.26. The van der Waals surface area contributed by atoms with E-state index in [2.05, 4.69) is 50.2 Å². The number of rotatable bonds is 2. The van der Waals surface area contributed by atoms with Gasteiger partial charge in [0.05, 0.1) is 16.7 Å². The van der Waals surface area contributed by atoms with Gasteiger partial charge in [-0.25, -0.2) is 0 Å². The number of aromatic nitrogens is 2. The first kappa shape index (κ1) is 14.4. The maximum atomic E-state index is 6.10. The molecule has 0 radical (unpaired) electrons. The lowest BCUT2D eigenvalue weighted by Gasteiger charge is -2.32. The first-order chi connectivity index (χ1) is 9.75. The highest BCUT2D eigenvalue weighted by atomic mass is 16.7. The lowest BCUT2D eigenvalue weighted by molar-refractivity contribution is 0.00578.